The molecule has 0 aliphatic rings. The van der Waals surface area contributed by atoms with Gasteiger partial charge in [-0.3, -0.25) is 4.79 Å². The van der Waals surface area contributed by atoms with Crippen molar-refractivity contribution in [2.45, 2.75) is 32.8 Å². The highest BCUT2D eigenvalue weighted by Crippen LogP contribution is 2.23. The second kappa shape index (κ2) is 7.26. The van der Waals surface area contributed by atoms with E-state index in [1.165, 1.54) is 0 Å². The highest BCUT2D eigenvalue weighted by Gasteiger charge is 2.17. The summed E-state index contributed by atoms with van der Waals surface area (Å²) in [5, 5.41) is 14.6. The fourth-order valence-electron chi connectivity index (χ4n) is 3.38. The Balaban J connectivity index is 1.68. The van der Waals surface area contributed by atoms with Gasteiger partial charge in [-0.05, 0) is 32.4 Å². The van der Waals surface area contributed by atoms with Crippen molar-refractivity contribution in [1.29, 1.82) is 0 Å². The first-order chi connectivity index (χ1) is 13.8. The lowest BCUT2D eigenvalue weighted by molar-refractivity contribution is 0.0784. The van der Waals surface area contributed by atoms with Crippen molar-refractivity contribution in [1.82, 2.24) is 14.6 Å². The zero-order valence-electron chi connectivity index (χ0n) is 16.8. The first-order valence-electron chi connectivity index (χ1n) is 9.59. The molecule has 29 heavy (non-hydrogen) atoms. The van der Waals surface area contributed by atoms with Crippen LogP contribution in [0.4, 0.5) is 0 Å². The molecule has 0 unspecified atom stereocenters. The van der Waals surface area contributed by atoms with Gasteiger partial charge in [-0.1, -0.05) is 54.6 Å². The molecule has 0 spiro atoms. The number of hydrogen-bond donors (Lipinski definition) is 1. The molecule has 0 bridgehead atoms. The third-order valence-electron chi connectivity index (χ3n) is 4.93. The van der Waals surface area contributed by atoms with Gasteiger partial charge in [-0.2, -0.15) is 5.10 Å². The van der Waals surface area contributed by atoms with Gasteiger partial charge in [0.2, 0.25) is 0 Å². The molecule has 2 aromatic heterocycles. The molecule has 2 heterocycles. The summed E-state index contributed by atoms with van der Waals surface area (Å²) in [6, 6.07) is 20.9. The number of ketones is 1. The van der Waals surface area contributed by atoms with Crippen molar-refractivity contribution in [3.8, 4) is 11.3 Å². The normalized spacial score (nSPS) is 11.7. The summed E-state index contributed by atoms with van der Waals surface area (Å²) in [6.07, 6.45) is 0.197. The number of Topliss-reactive ketones (excluding diaryl/α,β-unsaturated/α-hetero) is 1. The van der Waals surface area contributed by atoms with Crippen LogP contribution in [0, 0.1) is 6.92 Å². The number of fused-ring (bicyclic) bond motifs is 1. The van der Waals surface area contributed by atoms with E-state index in [0.29, 0.717) is 11.3 Å². The minimum atomic E-state index is -0.932. The van der Waals surface area contributed by atoms with Crippen molar-refractivity contribution in [2.24, 2.45) is 0 Å². The smallest absolute Gasteiger partial charge is 0.168 e. The van der Waals surface area contributed by atoms with Crippen LogP contribution in [-0.4, -0.2) is 25.5 Å². The van der Waals surface area contributed by atoms with Gasteiger partial charge in [0.25, 0.3) is 0 Å². The zero-order chi connectivity index (χ0) is 20.6. The van der Waals surface area contributed by atoms with Gasteiger partial charge >= 0.3 is 0 Å². The van der Waals surface area contributed by atoms with E-state index < -0.39 is 5.60 Å². The summed E-state index contributed by atoms with van der Waals surface area (Å²) in [6.45, 7) is 5.38. The average Bonchev–Trinajstić information content (AvgIpc) is 3.07. The monoisotopic (exact) mass is 385 g/mol. The molecule has 2 aromatic carbocycles. The van der Waals surface area contributed by atoms with Gasteiger partial charge in [0.15, 0.2) is 11.4 Å². The molecule has 0 aliphatic carbocycles. The molecule has 0 atom stereocenters. The predicted octanol–water partition coefficient (Wildman–Crippen LogP) is 4.36. The Morgan fingerprint density at radius 3 is 2.38 bits per heavy atom. The number of rotatable bonds is 5. The quantitative estimate of drug-likeness (QED) is 0.519. The maximum Gasteiger partial charge on any atom is 0.168 e. The Bertz CT molecular complexity index is 1170. The van der Waals surface area contributed by atoms with Crippen LogP contribution in [0.2, 0.25) is 0 Å². The highest BCUT2D eigenvalue weighted by atomic mass is 16.3. The number of benzene rings is 2. The summed E-state index contributed by atoms with van der Waals surface area (Å²) in [7, 11) is 0. The van der Waals surface area contributed by atoms with E-state index >= 15 is 0 Å². The van der Waals surface area contributed by atoms with Crippen molar-refractivity contribution in [3.63, 3.8) is 0 Å². The molecule has 0 radical (unpaired) electrons. The lowest BCUT2D eigenvalue weighted by Gasteiger charge is -2.17. The first-order valence-corrected chi connectivity index (χ1v) is 9.59. The fraction of sp³-hybridized carbons (Fsp3) is 0.208. The Labute approximate surface area is 169 Å². The zero-order valence-corrected chi connectivity index (χ0v) is 16.8. The first kappa shape index (κ1) is 19.0. The largest absolute Gasteiger partial charge is 0.386 e. The standard InChI is InChI=1S/C24H23N3O2/c1-16-13-23-25-20(14-21(27(23)26-16)17-7-5-4-6-8-17)15-22(28)18-9-11-19(12-10-18)24(2,3)29/h4-14,29H,15H2,1-3H3. The van der Waals surface area contributed by atoms with Gasteiger partial charge in [0.1, 0.15) is 0 Å². The third-order valence-corrected chi connectivity index (χ3v) is 4.93. The fourth-order valence-corrected chi connectivity index (χ4v) is 3.38. The minimum absolute atomic E-state index is 0.0144. The number of carbonyl (C=O) groups excluding carboxylic acids is 1. The maximum absolute atomic E-state index is 12.8. The molecular weight excluding hydrogens is 362 g/mol. The average molecular weight is 385 g/mol. The van der Waals surface area contributed by atoms with Crippen molar-refractivity contribution >= 4 is 11.4 Å². The maximum atomic E-state index is 12.8. The van der Waals surface area contributed by atoms with Crippen LogP contribution < -0.4 is 0 Å². The molecular formula is C24H23N3O2. The van der Waals surface area contributed by atoms with Crippen molar-refractivity contribution < 1.29 is 9.90 Å². The lowest BCUT2D eigenvalue weighted by Crippen LogP contribution is -2.15. The Morgan fingerprint density at radius 1 is 1.03 bits per heavy atom. The van der Waals surface area contributed by atoms with Gasteiger partial charge in [0, 0.05) is 17.2 Å². The summed E-state index contributed by atoms with van der Waals surface area (Å²) < 4.78 is 1.82. The van der Waals surface area contributed by atoms with Gasteiger partial charge < -0.3 is 5.11 Å². The second-order valence-electron chi connectivity index (χ2n) is 7.79. The van der Waals surface area contributed by atoms with Crippen LogP contribution >= 0.6 is 0 Å². The van der Waals surface area contributed by atoms with Gasteiger partial charge in [-0.15, -0.1) is 0 Å². The Hall–Kier alpha value is -3.31. The molecule has 0 amide bonds. The Kier molecular flexibility index (Phi) is 4.76. The molecule has 0 saturated carbocycles. The molecule has 5 nitrogen and oxygen atoms in total. The van der Waals surface area contributed by atoms with E-state index in [1.807, 2.05) is 53.9 Å². The molecule has 4 rings (SSSR count). The third kappa shape index (κ3) is 3.96. The van der Waals surface area contributed by atoms with Crippen LogP contribution in [0.5, 0.6) is 0 Å². The van der Waals surface area contributed by atoms with E-state index in [1.54, 1.807) is 38.1 Å². The van der Waals surface area contributed by atoms with E-state index in [0.717, 1.165) is 28.2 Å². The number of aryl methyl sites for hydroxylation is 1. The molecule has 5 heteroatoms. The highest BCUT2D eigenvalue weighted by molar-refractivity contribution is 5.97. The van der Waals surface area contributed by atoms with E-state index in [9.17, 15) is 9.90 Å². The van der Waals surface area contributed by atoms with Crippen molar-refractivity contribution in [3.05, 3.63) is 89.2 Å². The summed E-state index contributed by atoms with van der Waals surface area (Å²) in [5.74, 6) is -0.0144. The van der Waals surface area contributed by atoms with Crippen molar-refractivity contribution in [2.75, 3.05) is 0 Å². The predicted molar refractivity (Wildman–Crippen MR) is 113 cm³/mol. The number of aromatic nitrogens is 3. The molecule has 0 saturated heterocycles. The van der Waals surface area contributed by atoms with E-state index in [2.05, 4.69) is 10.1 Å². The number of hydrogen-bond acceptors (Lipinski definition) is 4. The molecule has 146 valence electrons. The second-order valence-corrected chi connectivity index (χ2v) is 7.79. The molecule has 1 N–H and O–H groups in total. The molecule has 4 aromatic rings. The van der Waals surface area contributed by atoms with Crippen LogP contribution in [0.3, 0.4) is 0 Å². The summed E-state index contributed by atoms with van der Waals surface area (Å²) in [4.78, 5) is 17.5. The Morgan fingerprint density at radius 2 is 1.72 bits per heavy atom. The van der Waals surface area contributed by atoms with Crippen LogP contribution in [0.15, 0.2) is 66.7 Å². The van der Waals surface area contributed by atoms with Crippen LogP contribution in [0.1, 0.15) is 41.2 Å². The minimum Gasteiger partial charge on any atom is -0.386 e. The van der Waals surface area contributed by atoms with Crippen LogP contribution in [-0.2, 0) is 12.0 Å². The topological polar surface area (TPSA) is 67.5 Å². The lowest BCUT2D eigenvalue weighted by atomic mass is 9.96. The summed E-state index contributed by atoms with van der Waals surface area (Å²) in [5.41, 5.74) is 4.67. The number of carbonyl (C=O) groups is 1. The number of aliphatic hydroxyl groups is 1. The van der Waals surface area contributed by atoms with Gasteiger partial charge in [0.05, 0.1) is 29.1 Å². The summed E-state index contributed by atoms with van der Waals surface area (Å²) >= 11 is 0. The molecule has 0 fully saturated rings. The van der Waals surface area contributed by atoms with E-state index in [-0.39, 0.29) is 12.2 Å². The molecule has 0 aliphatic heterocycles. The van der Waals surface area contributed by atoms with E-state index in [4.69, 9.17) is 0 Å². The SMILES string of the molecule is Cc1cc2nc(CC(=O)c3ccc(C(C)(C)O)cc3)cc(-c3ccccc3)n2n1. The van der Waals surface area contributed by atoms with Gasteiger partial charge in [-0.25, -0.2) is 9.50 Å². The van der Waals surface area contributed by atoms with Crippen LogP contribution in [0.25, 0.3) is 16.9 Å². The number of nitrogens with zero attached hydrogens (tertiary/aromatic N) is 3.